The number of benzene rings is 2. The molecule has 1 aromatic heterocycles. The van der Waals surface area contributed by atoms with Crippen molar-refractivity contribution in [2.24, 2.45) is 0 Å². The highest BCUT2D eigenvalue weighted by molar-refractivity contribution is 7.18. The molecule has 2 aromatic carbocycles. The zero-order valence-corrected chi connectivity index (χ0v) is 14.1. The summed E-state index contributed by atoms with van der Waals surface area (Å²) in [6, 6.07) is 13.7. The van der Waals surface area contributed by atoms with Crippen LogP contribution in [0.5, 0.6) is 5.75 Å². The number of carbonyl (C=O) groups excluding carboxylic acids is 1. The second-order valence-corrected chi connectivity index (χ2v) is 6.50. The zero-order chi connectivity index (χ0) is 16.4. The normalized spacial score (nSPS) is 12.1. The molecule has 0 saturated carbocycles. The Morgan fingerprint density at radius 3 is 2.74 bits per heavy atom. The summed E-state index contributed by atoms with van der Waals surface area (Å²) < 4.78 is 7.17. The lowest BCUT2D eigenvalue weighted by atomic mass is 10.2. The molecular weight excluding hydrogens is 308 g/mol. The topological polar surface area (TPSA) is 51.2 Å². The third kappa shape index (κ3) is 3.51. The van der Waals surface area contributed by atoms with Crippen molar-refractivity contribution in [3.8, 4) is 5.75 Å². The van der Waals surface area contributed by atoms with Gasteiger partial charge in [0.05, 0.1) is 10.2 Å². The first kappa shape index (κ1) is 15.5. The molecule has 3 aromatic rings. The lowest BCUT2D eigenvalue weighted by Crippen LogP contribution is -2.07. The van der Waals surface area contributed by atoms with E-state index in [1.54, 1.807) is 11.3 Å². The third-order valence-corrected chi connectivity index (χ3v) is 4.68. The van der Waals surface area contributed by atoms with Crippen LogP contribution >= 0.6 is 11.3 Å². The van der Waals surface area contributed by atoms with Crippen LogP contribution in [-0.2, 0) is 4.79 Å². The number of anilines is 1. The molecular formula is C18H18N2O2S. The summed E-state index contributed by atoms with van der Waals surface area (Å²) in [6.45, 7) is 5.44. The highest BCUT2D eigenvalue weighted by atomic mass is 32.1. The number of thiazole rings is 1. The van der Waals surface area contributed by atoms with E-state index in [1.807, 2.05) is 50.2 Å². The standard InChI is InChI=1S/C18H18N2O2S/c1-11-10-14(8-9-15(11)19-13(3)21)22-12(2)18-20-16-6-4-5-7-17(16)23-18/h4-10,12H,1-3H3,(H,19,21). The van der Waals surface area contributed by atoms with Gasteiger partial charge in [0, 0.05) is 12.6 Å². The van der Waals surface area contributed by atoms with Crippen LogP contribution in [0.4, 0.5) is 5.69 Å². The van der Waals surface area contributed by atoms with E-state index in [4.69, 9.17) is 4.74 Å². The molecule has 0 fully saturated rings. The number of hydrogen-bond donors (Lipinski definition) is 1. The molecule has 0 aliphatic rings. The van der Waals surface area contributed by atoms with Gasteiger partial charge in [0.1, 0.15) is 16.9 Å². The fourth-order valence-electron chi connectivity index (χ4n) is 2.36. The number of nitrogens with one attached hydrogen (secondary N) is 1. The molecule has 1 heterocycles. The van der Waals surface area contributed by atoms with Crippen LogP contribution in [0.1, 0.15) is 30.5 Å². The van der Waals surface area contributed by atoms with E-state index in [0.29, 0.717) is 0 Å². The lowest BCUT2D eigenvalue weighted by molar-refractivity contribution is -0.114. The minimum absolute atomic E-state index is 0.0791. The molecule has 1 N–H and O–H groups in total. The molecule has 0 radical (unpaired) electrons. The number of ether oxygens (including phenoxy) is 1. The Kier molecular flexibility index (Phi) is 4.30. The maximum atomic E-state index is 11.1. The van der Waals surface area contributed by atoms with Crippen LogP contribution in [0.15, 0.2) is 42.5 Å². The summed E-state index contributed by atoms with van der Waals surface area (Å²) in [6.07, 6.45) is -0.126. The van der Waals surface area contributed by atoms with Crippen molar-refractivity contribution in [2.75, 3.05) is 5.32 Å². The van der Waals surface area contributed by atoms with E-state index in [-0.39, 0.29) is 12.0 Å². The Morgan fingerprint density at radius 1 is 1.26 bits per heavy atom. The van der Waals surface area contributed by atoms with Crippen LogP contribution in [0.2, 0.25) is 0 Å². The van der Waals surface area contributed by atoms with Crippen LogP contribution < -0.4 is 10.1 Å². The Labute approximate surface area is 139 Å². The van der Waals surface area contributed by atoms with E-state index in [9.17, 15) is 4.79 Å². The summed E-state index contributed by atoms with van der Waals surface area (Å²) >= 11 is 1.65. The van der Waals surface area contributed by atoms with Gasteiger partial charge in [-0.25, -0.2) is 4.98 Å². The van der Waals surface area contributed by atoms with Gasteiger partial charge in [0.25, 0.3) is 0 Å². The van der Waals surface area contributed by atoms with Gasteiger partial charge in [0.15, 0.2) is 0 Å². The van der Waals surface area contributed by atoms with Crippen LogP contribution in [-0.4, -0.2) is 10.9 Å². The molecule has 0 aliphatic carbocycles. The number of carbonyl (C=O) groups is 1. The first-order valence-electron chi connectivity index (χ1n) is 7.43. The summed E-state index contributed by atoms with van der Waals surface area (Å²) in [5.41, 5.74) is 2.77. The number of rotatable bonds is 4. The average molecular weight is 326 g/mol. The maximum absolute atomic E-state index is 11.1. The zero-order valence-electron chi connectivity index (χ0n) is 13.3. The van der Waals surface area contributed by atoms with Crippen molar-refractivity contribution in [3.05, 3.63) is 53.0 Å². The van der Waals surface area contributed by atoms with Crippen molar-refractivity contribution in [1.29, 1.82) is 0 Å². The number of fused-ring (bicyclic) bond motifs is 1. The molecule has 1 amide bonds. The summed E-state index contributed by atoms with van der Waals surface area (Å²) in [7, 11) is 0. The molecule has 0 spiro atoms. The van der Waals surface area contributed by atoms with Crippen LogP contribution in [0.3, 0.4) is 0 Å². The quantitative estimate of drug-likeness (QED) is 0.756. The van der Waals surface area contributed by atoms with Gasteiger partial charge in [0.2, 0.25) is 5.91 Å². The Bertz CT molecular complexity index is 824. The monoisotopic (exact) mass is 326 g/mol. The Balaban J connectivity index is 1.78. The van der Waals surface area contributed by atoms with E-state index < -0.39 is 0 Å². The van der Waals surface area contributed by atoms with Gasteiger partial charge in [-0.05, 0) is 49.7 Å². The van der Waals surface area contributed by atoms with Crippen molar-refractivity contribution in [3.63, 3.8) is 0 Å². The lowest BCUT2D eigenvalue weighted by Gasteiger charge is -2.14. The number of hydrogen-bond acceptors (Lipinski definition) is 4. The van der Waals surface area contributed by atoms with Crippen LogP contribution in [0.25, 0.3) is 10.2 Å². The molecule has 3 rings (SSSR count). The van der Waals surface area contributed by atoms with Gasteiger partial charge < -0.3 is 10.1 Å². The maximum Gasteiger partial charge on any atom is 0.221 e. The second-order valence-electron chi connectivity index (χ2n) is 5.44. The smallest absolute Gasteiger partial charge is 0.221 e. The van der Waals surface area contributed by atoms with Crippen molar-refractivity contribution in [1.82, 2.24) is 4.98 Å². The number of amides is 1. The number of para-hydroxylation sites is 1. The molecule has 1 unspecified atom stereocenters. The van der Waals surface area contributed by atoms with E-state index in [1.165, 1.54) is 6.92 Å². The molecule has 1 atom stereocenters. The minimum atomic E-state index is -0.126. The Morgan fingerprint density at radius 2 is 2.04 bits per heavy atom. The molecule has 4 nitrogen and oxygen atoms in total. The van der Waals surface area contributed by atoms with Gasteiger partial charge in [-0.1, -0.05) is 12.1 Å². The SMILES string of the molecule is CC(=O)Nc1ccc(OC(C)c2nc3ccccc3s2)cc1C. The average Bonchev–Trinajstić information content (AvgIpc) is 2.94. The van der Waals surface area contributed by atoms with Gasteiger partial charge >= 0.3 is 0 Å². The van der Waals surface area contributed by atoms with Crippen molar-refractivity contribution < 1.29 is 9.53 Å². The first-order valence-corrected chi connectivity index (χ1v) is 8.25. The Hall–Kier alpha value is -2.40. The third-order valence-electron chi connectivity index (χ3n) is 3.48. The van der Waals surface area contributed by atoms with Crippen molar-refractivity contribution >= 4 is 33.1 Å². The van der Waals surface area contributed by atoms with Gasteiger partial charge in [-0.2, -0.15) is 0 Å². The molecule has 118 valence electrons. The predicted molar refractivity (Wildman–Crippen MR) is 94.1 cm³/mol. The molecule has 5 heteroatoms. The molecule has 23 heavy (non-hydrogen) atoms. The van der Waals surface area contributed by atoms with E-state index in [0.717, 1.165) is 32.2 Å². The highest BCUT2D eigenvalue weighted by Gasteiger charge is 2.13. The van der Waals surface area contributed by atoms with Crippen molar-refractivity contribution in [2.45, 2.75) is 26.9 Å². The molecule has 0 bridgehead atoms. The molecule has 0 saturated heterocycles. The summed E-state index contributed by atoms with van der Waals surface area (Å²) in [5, 5.41) is 3.75. The second kappa shape index (κ2) is 6.38. The van der Waals surface area contributed by atoms with Crippen LogP contribution in [0, 0.1) is 6.92 Å². The molecule has 0 aliphatic heterocycles. The predicted octanol–water partition coefficient (Wildman–Crippen LogP) is 4.70. The number of aryl methyl sites for hydroxylation is 1. The first-order chi connectivity index (χ1) is 11.0. The fraction of sp³-hybridized carbons (Fsp3) is 0.222. The summed E-state index contributed by atoms with van der Waals surface area (Å²) in [5.74, 6) is 0.688. The van der Waals surface area contributed by atoms with Gasteiger partial charge in [-0.15, -0.1) is 11.3 Å². The van der Waals surface area contributed by atoms with E-state index in [2.05, 4.69) is 16.4 Å². The number of aromatic nitrogens is 1. The van der Waals surface area contributed by atoms with E-state index >= 15 is 0 Å². The highest BCUT2D eigenvalue weighted by Crippen LogP contribution is 2.30. The largest absolute Gasteiger partial charge is 0.484 e. The van der Waals surface area contributed by atoms with Gasteiger partial charge in [-0.3, -0.25) is 4.79 Å². The number of nitrogens with zero attached hydrogens (tertiary/aromatic N) is 1. The summed E-state index contributed by atoms with van der Waals surface area (Å²) in [4.78, 5) is 15.8. The minimum Gasteiger partial charge on any atom is -0.484 e. The fourth-order valence-corrected chi connectivity index (χ4v) is 3.31.